The third-order valence-electron chi connectivity index (χ3n) is 4.99. The largest absolute Gasteiger partial charge is 0.451 e. The van der Waals surface area contributed by atoms with Gasteiger partial charge in [-0.3, -0.25) is 4.79 Å². The Balaban J connectivity index is 1.62. The van der Waals surface area contributed by atoms with Crippen LogP contribution in [-0.4, -0.2) is 44.4 Å². The molecule has 1 fully saturated rings. The van der Waals surface area contributed by atoms with Gasteiger partial charge in [-0.15, -0.1) is 0 Å². The fraction of sp³-hybridized carbons (Fsp3) is 0.389. The van der Waals surface area contributed by atoms with Crippen molar-refractivity contribution in [3.63, 3.8) is 0 Å². The summed E-state index contributed by atoms with van der Waals surface area (Å²) in [7, 11) is 0. The molecule has 25 heavy (non-hydrogen) atoms. The predicted octanol–water partition coefficient (Wildman–Crippen LogP) is 2.29. The van der Waals surface area contributed by atoms with Crippen LogP contribution in [0.5, 0.6) is 0 Å². The number of β-amino-alcohol motifs (C(OH)–C–C–N with tert-alkyl or cyclic N) is 1. The molecule has 3 aromatic rings. The zero-order valence-electron chi connectivity index (χ0n) is 14.2. The van der Waals surface area contributed by atoms with Gasteiger partial charge in [0.15, 0.2) is 5.76 Å². The highest BCUT2D eigenvalue weighted by atomic mass is 16.3. The molecule has 7 nitrogen and oxygen atoms in total. The molecule has 0 spiro atoms. The molecular weight excluding hydrogens is 320 g/mol. The number of aliphatic hydroxyl groups is 1. The number of piperidine rings is 1. The molecule has 0 aliphatic carbocycles. The molecule has 130 valence electrons. The Hall–Kier alpha value is -2.67. The molecule has 2 N–H and O–H groups in total. The highest BCUT2D eigenvalue weighted by Gasteiger charge is 2.39. The van der Waals surface area contributed by atoms with Crippen LogP contribution in [0.2, 0.25) is 0 Å². The van der Waals surface area contributed by atoms with Crippen molar-refractivity contribution >= 4 is 16.9 Å². The van der Waals surface area contributed by atoms with Gasteiger partial charge in [0, 0.05) is 11.9 Å². The molecule has 1 atom stereocenters. The number of fused-ring (bicyclic) bond motifs is 1. The van der Waals surface area contributed by atoms with Gasteiger partial charge in [0.25, 0.3) is 5.91 Å². The number of aromatic amines is 1. The summed E-state index contributed by atoms with van der Waals surface area (Å²) in [4.78, 5) is 14.5. The van der Waals surface area contributed by atoms with Crippen LogP contribution in [0.15, 0.2) is 28.8 Å². The van der Waals surface area contributed by atoms with E-state index in [1.807, 2.05) is 26.0 Å². The lowest BCUT2D eigenvalue weighted by Gasteiger charge is -2.37. The fourth-order valence-electron chi connectivity index (χ4n) is 3.41. The van der Waals surface area contributed by atoms with Crippen molar-refractivity contribution in [2.45, 2.75) is 32.3 Å². The maximum Gasteiger partial charge on any atom is 0.289 e. The van der Waals surface area contributed by atoms with E-state index in [4.69, 9.17) is 4.42 Å². The number of amides is 1. The summed E-state index contributed by atoms with van der Waals surface area (Å²) in [5, 5.41) is 22.0. The first-order valence-electron chi connectivity index (χ1n) is 8.35. The second-order valence-electron chi connectivity index (χ2n) is 6.80. The van der Waals surface area contributed by atoms with Gasteiger partial charge in [0.05, 0.1) is 12.7 Å². The summed E-state index contributed by atoms with van der Waals surface area (Å²) < 4.78 is 5.77. The number of aryl methyl sites for hydroxylation is 2. The minimum Gasteiger partial charge on any atom is -0.451 e. The first-order valence-corrected chi connectivity index (χ1v) is 8.35. The molecule has 0 bridgehead atoms. The Kier molecular flexibility index (Phi) is 3.61. The molecule has 2 aromatic heterocycles. The Labute approximate surface area is 144 Å². The van der Waals surface area contributed by atoms with E-state index in [0.717, 1.165) is 16.5 Å². The molecule has 1 saturated heterocycles. The van der Waals surface area contributed by atoms with Crippen molar-refractivity contribution in [1.29, 1.82) is 0 Å². The Morgan fingerprint density at radius 3 is 2.88 bits per heavy atom. The Morgan fingerprint density at radius 2 is 2.12 bits per heavy atom. The summed E-state index contributed by atoms with van der Waals surface area (Å²) in [6, 6.07) is 5.74. The second kappa shape index (κ2) is 5.70. The quantitative estimate of drug-likeness (QED) is 0.746. The summed E-state index contributed by atoms with van der Waals surface area (Å²) in [6.45, 7) is 4.80. The molecule has 0 saturated carbocycles. The first-order chi connectivity index (χ1) is 12.0. The molecule has 1 aliphatic rings. The number of benzene rings is 1. The number of likely N-dealkylation sites (tertiary alicyclic amines) is 1. The van der Waals surface area contributed by atoms with E-state index in [2.05, 4.69) is 15.4 Å². The van der Waals surface area contributed by atoms with Crippen LogP contribution in [0.3, 0.4) is 0 Å². The van der Waals surface area contributed by atoms with Crippen LogP contribution in [0.1, 0.15) is 40.2 Å². The molecule has 4 rings (SSSR count). The maximum atomic E-state index is 12.9. The second-order valence-corrected chi connectivity index (χ2v) is 6.80. The van der Waals surface area contributed by atoms with E-state index in [1.165, 1.54) is 6.20 Å². The van der Waals surface area contributed by atoms with Gasteiger partial charge >= 0.3 is 0 Å². The number of furan rings is 1. The molecule has 7 heteroatoms. The van der Waals surface area contributed by atoms with Gasteiger partial charge in [-0.05, 0) is 56.0 Å². The van der Waals surface area contributed by atoms with Gasteiger partial charge in [-0.2, -0.15) is 15.4 Å². The molecule has 0 radical (unpaired) electrons. The Morgan fingerprint density at radius 1 is 1.32 bits per heavy atom. The number of hydrogen-bond acceptors (Lipinski definition) is 5. The fourth-order valence-corrected chi connectivity index (χ4v) is 3.41. The maximum absolute atomic E-state index is 12.9. The molecule has 1 aromatic carbocycles. The van der Waals surface area contributed by atoms with E-state index in [1.54, 1.807) is 11.0 Å². The highest BCUT2D eigenvalue weighted by molar-refractivity contribution is 5.96. The van der Waals surface area contributed by atoms with Crippen molar-refractivity contribution in [2.24, 2.45) is 0 Å². The molecule has 1 amide bonds. The highest BCUT2D eigenvalue weighted by Crippen LogP contribution is 2.31. The van der Waals surface area contributed by atoms with Gasteiger partial charge in [-0.1, -0.05) is 0 Å². The average molecular weight is 340 g/mol. The number of hydrogen-bond donors (Lipinski definition) is 2. The van der Waals surface area contributed by atoms with E-state index < -0.39 is 5.60 Å². The van der Waals surface area contributed by atoms with Crippen molar-refractivity contribution < 1.29 is 14.3 Å². The number of nitrogens with one attached hydrogen (secondary N) is 1. The van der Waals surface area contributed by atoms with Gasteiger partial charge < -0.3 is 14.4 Å². The van der Waals surface area contributed by atoms with Crippen LogP contribution in [-0.2, 0) is 5.60 Å². The van der Waals surface area contributed by atoms with Crippen LogP contribution in [0.4, 0.5) is 0 Å². The predicted molar refractivity (Wildman–Crippen MR) is 91.1 cm³/mol. The van der Waals surface area contributed by atoms with Crippen LogP contribution < -0.4 is 0 Å². The van der Waals surface area contributed by atoms with Gasteiger partial charge in [0.1, 0.15) is 16.9 Å². The lowest BCUT2D eigenvalue weighted by molar-refractivity contribution is -0.0327. The average Bonchev–Trinajstić information content (AvgIpc) is 3.25. The lowest BCUT2D eigenvalue weighted by atomic mass is 9.90. The third-order valence-corrected chi connectivity index (χ3v) is 4.99. The topological polar surface area (TPSA) is 95.2 Å². The first kappa shape index (κ1) is 15.8. The van der Waals surface area contributed by atoms with Crippen LogP contribution in [0, 0.1) is 13.8 Å². The molecule has 1 aliphatic heterocycles. The van der Waals surface area contributed by atoms with Crippen molar-refractivity contribution in [3.05, 3.63) is 47.0 Å². The van der Waals surface area contributed by atoms with Gasteiger partial charge in [0.2, 0.25) is 0 Å². The van der Waals surface area contributed by atoms with E-state index in [-0.39, 0.29) is 12.5 Å². The number of carbonyl (C=O) groups is 1. The van der Waals surface area contributed by atoms with E-state index >= 15 is 0 Å². The summed E-state index contributed by atoms with van der Waals surface area (Å²) in [5.74, 6) is 0.0810. The zero-order chi connectivity index (χ0) is 17.6. The number of H-pyrrole nitrogens is 1. The number of carbonyl (C=O) groups excluding carboxylic acids is 1. The monoisotopic (exact) mass is 340 g/mol. The van der Waals surface area contributed by atoms with E-state index in [0.29, 0.717) is 36.4 Å². The minimum atomic E-state index is -1.18. The van der Waals surface area contributed by atoms with Crippen molar-refractivity contribution in [1.82, 2.24) is 20.3 Å². The molecule has 3 heterocycles. The SMILES string of the molecule is Cc1cc2cc(C(=O)N3CCC[C@](O)(c4cn[nH]n4)C3)oc2cc1C. The normalized spacial score (nSPS) is 21.0. The number of rotatable bonds is 2. The lowest BCUT2D eigenvalue weighted by Crippen LogP contribution is -2.48. The molecular formula is C18H20N4O3. The molecule has 0 unspecified atom stereocenters. The third kappa shape index (κ3) is 2.70. The van der Waals surface area contributed by atoms with Crippen LogP contribution >= 0.6 is 0 Å². The number of aromatic nitrogens is 3. The summed E-state index contributed by atoms with van der Waals surface area (Å²) in [5.41, 5.74) is 2.26. The zero-order valence-corrected chi connectivity index (χ0v) is 14.2. The standard InChI is InChI=1S/C18H20N4O3/c1-11-6-13-8-15(25-14(13)7-12(11)2)17(23)22-5-3-4-18(24,10-22)16-9-19-21-20-16/h6-9,24H,3-5,10H2,1-2H3,(H,19,20,21)/t18-/m1/s1. The van der Waals surface area contributed by atoms with Crippen molar-refractivity contribution in [2.75, 3.05) is 13.1 Å². The van der Waals surface area contributed by atoms with E-state index in [9.17, 15) is 9.90 Å². The smallest absolute Gasteiger partial charge is 0.289 e. The summed E-state index contributed by atoms with van der Waals surface area (Å²) in [6.07, 6.45) is 2.73. The van der Waals surface area contributed by atoms with Crippen molar-refractivity contribution in [3.8, 4) is 0 Å². The minimum absolute atomic E-state index is 0.174. The van der Waals surface area contributed by atoms with Crippen LogP contribution in [0.25, 0.3) is 11.0 Å². The van der Waals surface area contributed by atoms with Gasteiger partial charge in [-0.25, -0.2) is 0 Å². The summed E-state index contributed by atoms with van der Waals surface area (Å²) >= 11 is 0. The number of nitrogens with zero attached hydrogens (tertiary/aromatic N) is 3. The Bertz CT molecular complexity index is 892.